The van der Waals surface area contributed by atoms with Crippen molar-refractivity contribution in [2.75, 3.05) is 6.61 Å². The second kappa shape index (κ2) is 6.49. The summed E-state index contributed by atoms with van der Waals surface area (Å²) in [4.78, 5) is 11.9. The van der Waals surface area contributed by atoms with Crippen molar-refractivity contribution < 1.29 is 9.90 Å². The smallest absolute Gasteiger partial charge is 0.220 e. The number of rotatable bonds is 6. The normalized spacial score (nSPS) is 11.4. The lowest BCUT2D eigenvalue weighted by Gasteiger charge is -2.23. The summed E-state index contributed by atoms with van der Waals surface area (Å²) >= 11 is 0. The minimum absolute atomic E-state index is 0.0983. The average molecular weight is 288 g/mol. The number of carbonyl (C=O) groups is 1. The molecule has 0 radical (unpaired) electrons. The predicted octanol–water partition coefficient (Wildman–Crippen LogP) is 1.09. The van der Waals surface area contributed by atoms with E-state index in [1.54, 1.807) is 20.2 Å². The van der Waals surface area contributed by atoms with E-state index in [1.165, 1.54) is 0 Å². The monoisotopic (exact) mass is 288 g/mol. The molecule has 0 saturated heterocycles. The zero-order valence-electron chi connectivity index (χ0n) is 12.3. The molecule has 112 valence electrons. The molecule has 1 aromatic heterocycles. The summed E-state index contributed by atoms with van der Waals surface area (Å²) in [5, 5.41) is 19.9. The van der Waals surface area contributed by atoms with Crippen molar-refractivity contribution in [1.82, 2.24) is 20.1 Å². The van der Waals surface area contributed by atoms with E-state index in [9.17, 15) is 4.79 Å². The Morgan fingerprint density at radius 3 is 2.71 bits per heavy atom. The van der Waals surface area contributed by atoms with E-state index in [4.69, 9.17) is 5.11 Å². The van der Waals surface area contributed by atoms with Crippen molar-refractivity contribution in [2.24, 2.45) is 0 Å². The van der Waals surface area contributed by atoms with Crippen LogP contribution in [0.1, 0.15) is 26.1 Å². The van der Waals surface area contributed by atoms with Gasteiger partial charge in [-0.3, -0.25) is 9.36 Å². The van der Waals surface area contributed by atoms with Gasteiger partial charge in [-0.1, -0.05) is 18.2 Å². The molecular weight excluding hydrogens is 268 g/mol. The Balaban J connectivity index is 1.99. The van der Waals surface area contributed by atoms with Crippen LogP contribution in [0.5, 0.6) is 0 Å². The molecule has 0 fully saturated rings. The number of hydrogen-bond acceptors (Lipinski definition) is 4. The molecule has 0 aliphatic rings. The molecule has 1 aromatic carbocycles. The fourth-order valence-corrected chi connectivity index (χ4v) is 1.94. The maximum Gasteiger partial charge on any atom is 0.220 e. The number of aliphatic hydroxyl groups is 1. The third-order valence-electron chi connectivity index (χ3n) is 3.10. The topological polar surface area (TPSA) is 80.0 Å². The second-order valence-electron chi connectivity index (χ2n) is 5.54. The van der Waals surface area contributed by atoms with Crippen LogP contribution < -0.4 is 5.32 Å². The third-order valence-corrected chi connectivity index (χ3v) is 3.10. The molecule has 0 atom stereocenters. The lowest BCUT2D eigenvalue weighted by Crippen LogP contribution is -2.46. The SMILES string of the molecule is CC(C)(CO)NC(=O)CCc1nncn1-c1ccccc1. The van der Waals surface area contributed by atoms with Gasteiger partial charge in [0, 0.05) is 18.5 Å². The number of aromatic nitrogens is 3. The Morgan fingerprint density at radius 2 is 2.05 bits per heavy atom. The van der Waals surface area contributed by atoms with Gasteiger partial charge in [0.25, 0.3) is 0 Å². The summed E-state index contributed by atoms with van der Waals surface area (Å²) in [7, 11) is 0. The van der Waals surface area contributed by atoms with Crippen molar-refractivity contribution in [2.45, 2.75) is 32.2 Å². The zero-order valence-corrected chi connectivity index (χ0v) is 12.3. The summed E-state index contributed by atoms with van der Waals surface area (Å²) < 4.78 is 1.87. The number of amides is 1. The first-order valence-electron chi connectivity index (χ1n) is 6.88. The van der Waals surface area contributed by atoms with Gasteiger partial charge in [0.1, 0.15) is 12.2 Å². The number of hydrogen-bond donors (Lipinski definition) is 2. The first-order chi connectivity index (χ1) is 10.0. The van der Waals surface area contributed by atoms with Gasteiger partial charge in [0.2, 0.25) is 5.91 Å². The van der Waals surface area contributed by atoms with Crippen LogP contribution in [0.15, 0.2) is 36.7 Å². The molecule has 2 rings (SSSR count). The number of aryl methyl sites for hydroxylation is 1. The highest BCUT2D eigenvalue weighted by molar-refractivity contribution is 5.76. The van der Waals surface area contributed by atoms with Crippen LogP contribution in [0.25, 0.3) is 5.69 Å². The number of para-hydroxylation sites is 1. The highest BCUT2D eigenvalue weighted by Gasteiger charge is 2.19. The van der Waals surface area contributed by atoms with Gasteiger partial charge in [-0.15, -0.1) is 10.2 Å². The number of nitrogens with one attached hydrogen (secondary N) is 1. The van der Waals surface area contributed by atoms with E-state index in [1.807, 2.05) is 34.9 Å². The first-order valence-corrected chi connectivity index (χ1v) is 6.88. The van der Waals surface area contributed by atoms with Gasteiger partial charge in [0.05, 0.1) is 12.1 Å². The van der Waals surface area contributed by atoms with E-state index >= 15 is 0 Å². The van der Waals surface area contributed by atoms with Crippen molar-refractivity contribution in [1.29, 1.82) is 0 Å². The summed E-state index contributed by atoms with van der Waals surface area (Å²) in [6.07, 6.45) is 2.43. The summed E-state index contributed by atoms with van der Waals surface area (Å²) in [6.45, 7) is 3.45. The molecule has 21 heavy (non-hydrogen) atoms. The van der Waals surface area contributed by atoms with Gasteiger partial charge < -0.3 is 10.4 Å². The number of benzene rings is 1. The van der Waals surface area contributed by atoms with Crippen molar-refractivity contribution >= 4 is 5.91 Å². The van der Waals surface area contributed by atoms with Gasteiger partial charge in [0.15, 0.2) is 0 Å². The predicted molar refractivity (Wildman–Crippen MR) is 79.0 cm³/mol. The van der Waals surface area contributed by atoms with E-state index in [-0.39, 0.29) is 12.5 Å². The van der Waals surface area contributed by atoms with E-state index in [0.717, 1.165) is 11.5 Å². The molecule has 0 spiro atoms. The summed E-state index contributed by atoms with van der Waals surface area (Å²) in [5.74, 6) is 0.620. The van der Waals surface area contributed by atoms with E-state index < -0.39 is 5.54 Å². The van der Waals surface area contributed by atoms with Crippen molar-refractivity contribution in [3.63, 3.8) is 0 Å². The zero-order chi connectivity index (χ0) is 15.3. The van der Waals surface area contributed by atoms with Gasteiger partial charge in [-0.25, -0.2) is 0 Å². The van der Waals surface area contributed by atoms with Crippen LogP contribution in [0.2, 0.25) is 0 Å². The molecule has 6 nitrogen and oxygen atoms in total. The largest absolute Gasteiger partial charge is 0.394 e. The molecule has 0 saturated carbocycles. The maximum atomic E-state index is 11.9. The van der Waals surface area contributed by atoms with Crippen molar-refractivity contribution in [3.05, 3.63) is 42.5 Å². The Hall–Kier alpha value is -2.21. The first kappa shape index (κ1) is 15.2. The lowest BCUT2D eigenvalue weighted by atomic mass is 10.1. The maximum absolute atomic E-state index is 11.9. The molecule has 2 N–H and O–H groups in total. The van der Waals surface area contributed by atoms with Crippen molar-refractivity contribution in [3.8, 4) is 5.69 Å². The molecule has 6 heteroatoms. The Bertz CT molecular complexity index is 593. The second-order valence-corrected chi connectivity index (χ2v) is 5.54. The minimum atomic E-state index is -0.607. The van der Waals surface area contributed by atoms with Crippen LogP contribution in [-0.4, -0.2) is 37.9 Å². The quantitative estimate of drug-likeness (QED) is 0.834. The third kappa shape index (κ3) is 4.13. The van der Waals surface area contributed by atoms with Crippen LogP contribution in [-0.2, 0) is 11.2 Å². The molecule has 0 unspecified atom stereocenters. The molecule has 2 aromatic rings. The molecule has 1 amide bonds. The van der Waals surface area contributed by atoms with Gasteiger partial charge in [-0.05, 0) is 26.0 Å². The molecule has 0 bridgehead atoms. The Morgan fingerprint density at radius 1 is 1.33 bits per heavy atom. The number of carbonyl (C=O) groups excluding carboxylic acids is 1. The average Bonchev–Trinajstić information content (AvgIpc) is 2.94. The van der Waals surface area contributed by atoms with E-state index in [2.05, 4.69) is 15.5 Å². The summed E-state index contributed by atoms with van der Waals surface area (Å²) in [6, 6.07) is 9.74. The highest BCUT2D eigenvalue weighted by atomic mass is 16.3. The Kier molecular flexibility index (Phi) is 4.70. The van der Waals surface area contributed by atoms with Crippen LogP contribution in [0.3, 0.4) is 0 Å². The fourth-order valence-electron chi connectivity index (χ4n) is 1.94. The van der Waals surface area contributed by atoms with Gasteiger partial charge in [-0.2, -0.15) is 0 Å². The van der Waals surface area contributed by atoms with Crippen LogP contribution in [0, 0.1) is 0 Å². The van der Waals surface area contributed by atoms with Crippen LogP contribution >= 0.6 is 0 Å². The molecular formula is C15H20N4O2. The molecule has 0 aliphatic carbocycles. The lowest BCUT2D eigenvalue weighted by molar-refractivity contribution is -0.123. The molecule has 0 aliphatic heterocycles. The van der Waals surface area contributed by atoms with Crippen LogP contribution in [0.4, 0.5) is 0 Å². The fraction of sp³-hybridized carbons (Fsp3) is 0.400. The van der Waals surface area contributed by atoms with Gasteiger partial charge >= 0.3 is 0 Å². The number of nitrogens with zero attached hydrogens (tertiary/aromatic N) is 3. The number of aliphatic hydroxyl groups excluding tert-OH is 1. The summed E-state index contributed by atoms with van der Waals surface area (Å²) in [5.41, 5.74) is 0.359. The van der Waals surface area contributed by atoms with E-state index in [0.29, 0.717) is 12.8 Å². The Labute approximate surface area is 123 Å². The molecule has 1 heterocycles. The highest BCUT2D eigenvalue weighted by Crippen LogP contribution is 2.10. The standard InChI is InChI=1S/C15H20N4O2/c1-15(2,10-20)17-14(21)9-8-13-18-16-11-19(13)12-6-4-3-5-7-12/h3-7,11,20H,8-10H2,1-2H3,(H,17,21). The minimum Gasteiger partial charge on any atom is -0.394 e.